The molecule has 0 saturated heterocycles. The minimum Gasteiger partial charge on any atom is -0.350 e. The topological polar surface area (TPSA) is 55.1 Å². The van der Waals surface area contributed by atoms with Gasteiger partial charge in [0.2, 0.25) is 5.91 Å². The Morgan fingerprint density at radius 2 is 2.17 bits per heavy atom. The molecule has 0 aromatic heterocycles. The molecule has 0 aliphatic heterocycles. The molecular formula is C14H21FN2O. The fourth-order valence-corrected chi connectivity index (χ4v) is 1.61. The van der Waals surface area contributed by atoms with Crippen molar-refractivity contribution < 1.29 is 9.18 Å². The van der Waals surface area contributed by atoms with Gasteiger partial charge in [-0.15, -0.1) is 0 Å². The Balaban J connectivity index is 2.50. The zero-order valence-corrected chi connectivity index (χ0v) is 11.2. The molecule has 4 heteroatoms. The lowest BCUT2D eigenvalue weighted by atomic mass is 9.99. The van der Waals surface area contributed by atoms with E-state index in [1.54, 1.807) is 12.1 Å². The van der Waals surface area contributed by atoms with Crippen molar-refractivity contribution in [1.29, 1.82) is 0 Å². The SMILES string of the molecule is C[C@H](NC(=O)CCC(C)(C)N)c1cccc(F)c1. The minimum absolute atomic E-state index is 0.0645. The molecule has 1 aromatic carbocycles. The van der Waals surface area contributed by atoms with E-state index >= 15 is 0 Å². The average Bonchev–Trinajstić information content (AvgIpc) is 2.25. The van der Waals surface area contributed by atoms with Crippen LogP contribution in [-0.4, -0.2) is 11.4 Å². The van der Waals surface area contributed by atoms with Crippen LogP contribution in [0.3, 0.4) is 0 Å². The highest BCUT2D eigenvalue weighted by molar-refractivity contribution is 5.76. The zero-order valence-electron chi connectivity index (χ0n) is 11.2. The minimum atomic E-state index is -0.348. The van der Waals surface area contributed by atoms with Gasteiger partial charge in [0, 0.05) is 12.0 Å². The second-order valence-electron chi connectivity index (χ2n) is 5.33. The Morgan fingerprint density at radius 3 is 2.72 bits per heavy atom. The van der Waals surface area contributed by atoms with Gasteiger partial charge in [-0.25, -0.2) is 4.39 Å². The number of carbonyl (C=O) groups excluding carboxylic acids is 1. The maximum absolute atomic E-state index is 13.0. The Labute approximate surface area is 108 Å². The number of halogens is 1. The number of hydrogen-bond acceptors (Lipinski definition) is 2. The first-order valence-corrected chi connectivity index (χ1v) is 6.11. The maximum atomic E-state index is 13.0. The van der Waals surface area contributed by atoms with Crippen molar-refractivity contribution in [3.8, 4) is 0 Å². The van der Waals surface area contributed by atoms with E-state index in [0.29, 0.717) is 12.8 Å². The van der Waals surface area contributed by atoms with Crippen LogP contribution in [0.4, 0.5) is 4.39 Å². The van der Waals surface area contributed by atoms with E-state index in [2.05, 4.69) is 5.32 Å². The van der Waals surface area contributed by atoms with Crippen LogP contribution in [0.1, 0.15) is 45.2 Å². The molecule has 0 heterocycles. The number of rotatable bonds is 5. The Bertz CT molecular complexity index is 413. The third kappa shape index (κ3) is 5.27. The number of carbonyl (C=O) groups is 1. The quantitative estimate of drug-likeness (QED) is 0.846. The second kappa shape index (κ2) is 5.96. The van der Waals surface area contributed by atoms with Crippen LogP contribution < -0.4 is 11.1 Å². The third-order valence-electron chi connectivity index (χ3n) is 2.72. The molecule has 0 spiro atoms. The van der Waals surface area contributed by atoms with Gasteiger partial charge in [-0.2, -0.15) is 0 Å². The monoisotopic (exact) mass is 252 g/mol. The molecule has 0 fully saturated rings. The number of amides is 1. The molecule has 0 saturated carbocycles. The molecular weight excluding hydrogens is 231 g/mol. The first-order chi connectivity index (χ1) is 8.28. The molecule has 3 N–H and O–H groups in total. The summed E-state index contributed by atoms with van der Waals surface area (Å²) in [7, 11) is 0. The Hall–Kier alpha value is -1.42. The van der Waals surface area contributed by atoms with Crippen molar-refractivity contribution in [3.63, 3.8) is 0 Å². The second-order valence-corrected chi connectivity index (χ2v) is 5.33. The van der Waals surface area contributed by atoms with Crippen molar-refractivity contribution in [2.75, 3.05) is 0 Å². The molecule has 1 aromatic rings. The molecule has 1 amide bonds. The van der Waals surface area contributed by atoms with Gasteiger partial charge in [0.1, 0.15) is 5.82 Å². The summed E-state index contributed by atoms with van der Waals surface area (Å²) in [6, 6.07) is 6.04. The summed E-state index contributed by atoms with van der Waals surface area (Å²) >= 11 is 0. The van der Waals surface area contributed by atoms with Gasteiger partial charge >= 0.3 is 0 Å². The van der Waals surface area contributed by atoms with Crippen molar-refractivity contribution in [2.45, 2.75) is 45.2 Å². The standard InChI is InChI=1S/C14H21FN2O/c1-10(11-5-4-6-12(15)9-11)17-13(18)7-8-14(2,3)16/h4-6,9-10H,7-8,16H2,1-3H3,(H,17,18)/t10-/m0/s1. The summed E-state index contributed by atoms with van der Waals surface area (Å²) in [6.07, 6.45) is 0.998. The molecule has 18 heavy (non-hydrogen) atoms. The lowest BCUT2D eigenvalue weighted by Crippen LogP contribution is -2.35. The number of benzene rings is 1. The summed E-state index contributed by atoms with van der Waals surface area (Å²) in [6.45, 7) is 5.60. The lowest BCUT2D eigenvalue weighted by molar-refractivity contribution is -0.122. The molecule has 100 valence electrons. The van der Waals surface area contributed by atoms with Crippen LogP contribution in [0.2, 0.25) is 0 Å². The summed E-state index contributed by atoms with van der Waals surface area (Å²) < 4.78 is 13.0. The summed E-state index contributed by atoms with van der Waals surface area (Å²) in [5.74, 6) is -0.359. The molecule has 0 aliphatic carbocycles. The van der Waals surface area contributed by atoms with Crippen LogP contribution in [0.25, 0.3) is 0 Å². The van der Waals surface area contributed by atoms with E-state index in [9.17, 15) is 9.18 Å². The van der Waals surface area contributed by atoms with E-state index in [4.69, 9.17) is 5.73 Å². The van der Waals surface area contributed by atoms with Crippen LogP contribution in [-0.2, 0) is 4.79 Å². The highest BCUT2D eigenvalue weighted by Crippen LogP contribution is 2.14. The summed E-state index contributed by atoms with van der Waals surface area (Å²) in [4.78, 5) is 11.7. The van der Waals surface area contributed by atoms with E-state index in [0.717, 1.165) is 5.56 Å². The van der Waals surface area contributed by atoms with Gasteiger partial charge in [0.15, 0.2) is 0 Å². The van der Waals surface area contributed by atoms with E-state index in [1.165, 1.54) is 12.1 Å². The van der Waals surface area contributed by atoms with E-state index < -0.39 is 0 Å². The van der Waals surface area contributed by atoms with Crippen molar-refractivity contribution in [3.05, 3.63) is 35.6 Å². The number of nitrogens with two attached hydrogens (primary N) is 1. The number of hydrogen-bond donors (Lipinski definition) is 2. The smallest absolute Gasteiger partial charge is 0.220 e. The van der Waals surface area contributed by atoms with Gasteiger partial charge in [-0.3, -0.25) is 4.79 Å². The maximum Gasteiger partial charge on any atom is 0.220 e. The van der Waals surface area contributed by atoms with E-state index in [1.807, 2.05) is 20.8 Å². The van der Waals surface area contributed by atoms with Crippen LogP contribution in [0.5, 0.6) is 0 Å². The molecule has 0 unspecified atom stereocenters. The highest BCUT2D eigenvalue weighted by atomic mass is 19.1. The van der Waals surface area contributed by atoms with Crippen LogP contribution in [0, 0.1) is 5.82 Å². The van der Waals surface area contributed by atoms with Gasteiger partial charge in [-0.1, -0.05) is 12.1 Å². The zero-order chi connectivity index (χ0) is 13.8. The molecule has 1 rings (SSSR count). The van der Waals surface area contributed by atoms with Crippen molar-refractivity contribution in [2.24, 2.45) is 5.73 Å². The fourth-order valence-electron chi connectivity index (χ4n) is 1.61. The average molecular weight is 252 g/mol. The Kier molecular flexibility index (Phi) is 4.84. The summed E-state index contributed by atoms with van der Waals surface area (Å²) in [5.41, 5.74) is 6.23. The predicted molar refractivity (Wildman–Crippen MR) is 70.5 cm³/mol. The molecule has 0 bridgehead atoms. The molecule has 3 nitrogen and oxygen atoms in total. The van der Waals surface area contributed by atoms with Crippen molar-refractivity contribution in [1.82, 2.24) is 5.32 Å². The first-order valence-electron chi connectivity index (χ1n) is 6.11. The number of nitrogens with one attached hydrogen (secondary N) is 1. The van der Waals surface area contributed by atoms with Gasteiger partial charge < -0.3 is 11.1 Å². The molecule has 1 atom stereocenters. The largest absolute Gasteiger partial charge is 0.350 e. The molecule has 0 radical (unpaired) electrons. The summed E-state index contributed by atoms with van der Waals surface area (Å²) in [5, 5.41) is 2.83. The van der Waals surface area contributed by atoms with Gasteiger partial charge in [-0.05, 0) is 44.9 Å². The van der Waals surface area contributed by atoms with Crippen LogP contribution in [0.15, 0.2) is 24.3 Å². The normalized spacial score (nSPS) is 13.2. The lowest BCUT2D eigenvalue weighted by Gasteiger charge is -2.19. The first kappa shape index (κ1) is 14.6. The van der Waals surface area contributed by atoms with E-state index in [-0.39, 0.29) is 23.3 Å². The van der Waals surface area contributed by atoms with Gasteiger partial charge in [0.05, 0.1) is 6.04 Å². The van der Waals surface area contributed by atoms with Crippen LogP contribution >= 0.6 is 0 Å². The third-order valence-corrected chi connectivity index (χ3v) is 2.72. The highest BCUT2D eigenvalue weighted by Gasteiger charge is 2.15. The molecule has 0 aliphatic rings. The Morgan fingerprint density at radius 1 is 1.50 bits per heavy atom. The fraction of sp³-hybridized carbons (Fsp3) is 0.500. The van der Waals surface area contributed by atoms with Crippen molar-refractivity contribution >= 4 is 5.91 Å². The predicted octanol–water partition coefficient (Wildman–Crippen LogP) is 2.52. The van der Waals surface area contributed by atoms with Gasteiger partial charge in [0.25, 0.3) is 0 Å².